The minimum Gasteiger partial charge on any atom is -0.368 e. The molecule has 0 saturated carbocycles. The van der Waals surface area contributed by atoms with Crippen LogP contribution in [-0.2, 0) is 9.53 Å². The number of ether oxygens (including phenoxy) is 1. The van der Waals surface area contributed by atoms with Crippen LogP contribution in [0.2, 0.25) is 0 Å². The number of rotatable bonds is 5. The number of carbonyl (C=O) groups excluding carboxylic acids is 1. The molecule has 16 heavy (non-hydrogen) atoms. The molecule has 0 radical (unpaired) electrons. The van der Waals surface area contributed by atoms with Gasteiger partial charge in [0.25, 0.3) is 5.91 Å². The molecule has 0 spiro atoms. The van der Waals surface area contributed by atoms with Crippen molar-refractivity contribution in [3.63, 3.8) is 0 Å². The van der Waals surface area contributed by atoms with E-state index < -0.39 is 11.8 Å². The van der Waals surface area contributed by atoms with Crippen LogP contribution in [0.15, 0.2) is 24.3 Å². The van der Waals surface area contributed by atoms with Gasteiger partial charge in [-0.1, -0.05) is 24.3 Å². The van der Waals surface area contributed by atoms with Crippen LogP contribution >= 0.6 is 0 Å². The van der Waals surface area contributed by atoms with Gasteiger partial charge < -0.3 is 15.2 Å². The summed E-state index contributed by atoms with van der Waals surface area (Å²) in [4.78, 5) is 11.2. The highest BCUT2D eigenvalue weighted by Gasteiger charge is 2.64. The fraction of sp³-hybridized carbons (Fsp3) is 0.583. The van der Waals surface area contributed by atoms with E-state index in [0.29, 0.717) is 6.42 Å². The lowest BCUT2D eigenvalue weighted by molar-refractivity contribution is -0.129. The average Bonchev–Trinajstić information content (AvgIpc) is 2.99. The molecule has 2 heterocycles. The summed E-state index contributed by atoms with van der Waals surface area (Å²) in [7, 11) is 0. The Kier molecular flexibility index (Phi) is 3.12. The van der Waals surface area contributed by atoms with Gasteiger partial charge in [0.2, 0.25) is 0 Å². The fourth-order valence-corrected chi connectivity index (χ4v) is 1.97. The molecule has 4 heteroatoms. The van der Waals surface area contributed by atoms with Crippen molar-refractivity contribution >= 4 is 5.91 Å². The van der Waals surface area contributed by atoms with Crippen molar-refractivity contribution in [1.29, 1.82) is 0 Å². The van der Waals surface area contributed by atoms with Gasteiger partial charge in [-0.05, 0) is 19.8 Å². The molecule has 0 aromatic heterocycles. The lowest BCUT2D eigenvalue weighted by Crippen LogP contribution is -2.47. The van der Waals surface area contributed by atoms with Crippen LogP contribution in [-0.4, -0.2) is 28.9 Å². The Morgan fingerprint density at radius 1 is 1.50 bits per heavy atom. The minimum absolute atomic E-state index is 0.189. The highest BCUT2D eigenvalue weighted by Crippen LogP contribution is 2.39. The van der Waals surface area contributed by atoms with E-state index >= 15 is 0 Å². The molecule has 0 bridgehead atoms. The zero-order valence-electron chi connectivity index (χ0n) is 9.35. The van der Waals surface area contributed by atoms with Crippen molar-refractivity contribution in [2.45, 2.75) is 44.1 Å². The SMILES string of the molecule is C/C=C/C/C=C/CC[C@@]1(O)NC(=O)[C@@H]2O[C@@H]21. The van der Waals surface area contributed by atoms with Crippen LogP contribution in [0.5, 0.6) is 0 Å². The van der Waals surface area contributed by atoms with Crippen molar-refractivity contribution < 1.29 is 14.6 Å². The molecule has 2 fully saturated rings. The van der Waals surface area contributed by atoms with Gasteiger partial charge in [0, 0.05) is 6.42 Å². The van der Waals surface area contributed by atoms with Gasteiger partial charge in [-0.2, -0.15) is 0 Å². The molecule has 88 valence electrons. The minimum atomic E-state index is -1.15. The summed E-state index contributed by atoms with van der Waals surface area (Å²) in [5, 5.41) is 12.6. The second-order valence-electron chi connectivity index (χ2n) is 4.21. The van der Waals surface area contributed by atoms with Crippen LogP contribution in [0.4, 0.5) is 0 Å². The number of amides is 1. The van der Waals surface area contributed by atoms with Gasteiger partial charge in [0.1, 0.15) is 6.10 Å². The van der Waals surface area contributed by atoms with Gasteiger partial charge in [0.15, 0.2) is 11.8 Å². The number of allylic oxidation sites excluding steroid dienone is 4. The van der Waals surface area contributed by atoms with Gasteiger partial charge in [-0.15, -0.1) is 0 Å². The molecule has 0 aromatic rings. The number of epoxide rings is 1. The number of nitrogens with one attached hydrogen (secondary N) is 1. The molecule has 2 saturated heterocycles. The zero-order chi connectivity index (χ0) is 11.6. The van der Waals surface area contributed by atoms with E-state index in [9.17, 15) is 9.90 Å². The van der Waals surface area contributed by atoms with Crippen LogP contribution in [0.25, 0.3) is 0 Å². The summed E-state index contributed by atoms with van der Waals surface area (Å²) in [6, 6.07) is 0. The highest BCUT2D eigenvalue weighted by atomic mass is 16.6. The van der Waals surface area contributed by atoms with Crippen LogP contribution in [0.1, 0.15) is 26.2 Å². The predicted molar refractivity (Wildman–Crippen MR) is 59.6 cm³/mol. The number of aliphatic hydroxyl groups is 1. The van der Waals surface area contributed by atoms with Crippen LogP contribution < -0.4 is 5.32 Å². The van der Waals surface area contributed by atoms with E-state index in [1.54, 1.807) is 0 Å². The lowest BCUT2D eigenvalue weighted by Gasteiger charge is -2.22. The van der Waals surface area contributed by atoms with Crippen molar-refractivity contribution in [2.24, 2.45) is 0 Å². The van der Waals surface area contributed by atoms with E-state index in [1.165, 1.54) is 0 Å². The highest BCUT2D eigenvalue weighted by molar-refractivity contribution is 5.88. The third kappa shape index (κ3) is 2.18. The zero-order valence-corrected chi connectivity index (χ0v) is 9.35. The second kappa shape index (κ2) is 4.39. The smallest absolute Gasteiger partial charge is 0.254 e. The van der Waals surface area contributed by atoms with Gasteiger partial charge in [-0.3, -0.25) is 4.79 Å². The fourth-order valence-electron chi connectivity index (χ4n) is 1.97. The quantitative estimate of drug-likeness (QED) is 0.537. The van der Waals surface area contributed by atoms with Crippen molar-refractivity contribution in [3.8, 4) is 0 Å². The number of hydrogen-bond donors (Lipinski definition) is 2. The third-order valence-corrected chi connectivity index (χ3v) is 2.93. The van der Waals surface area contributed by atoms with E-state index in [2.05, 4.69) is 11.4 Å². The molecule has 3 atom stereocenters. The first-order chi connectivity index (χ1) is 7.67. The maximum absolute atomic E-state index is 11.2. The second-order valence-corrected chi connectivity index (χ2v) is 4.21. The summed E-state index contributed by atoms with van der Waals surface area (Å²) < 4.78 is 5.08. The Bertz CT molecular complexity index is 337. The number of carbonyl (C=O) groups is 1. The van der Waals surface area contributed by atoms with E-state index in [4.69, 9.17) is 4.74 Å². The Hall–Kier alpha value is -1.13. The van der Waals surface area contributed by atoms with E-state index in [1.807, 2.05) is 25.2 Å². The molecular weight excluding hydrogens is 206 g/mol. The molecule has 4 nitrogen and oxygen atoms in total. The lowest BCUT2D eigenvalue weighted by atomic mass is 10.0. The van der Waals surface area contributed by atoms with Gasteiger partial charge in [-0.25, -0.2) is 0 Å². The van der Waals surface area contributed by atoms with Crippen molar-refractivity contribution in [2.75, 3.05) is 0 Å². The maximum atomic E-state index is 11.2. The van der Waals surface area contributed by atoms with E-state index in [-0.39, 0.29) is 12.0 Å². The first-order valence-electron chi connectivity index (χ1n) is 5.63. The van der Waals surface area contributed by atoms with Gasteiger partial charge in [0.05, 0.1) is 0 Å². The molecule has 0 aromatic carbocycles. The molecule has 0 aliphatic carbocycles. The molecular formula is C12H17NO3. The van der Waals surface area contributed by atoms with Crippen LogP contribution in [0.3, 0.4) is 0 Å². The van der Waals surface area contributed by atoms with Gasteiger partial charge >= 0.3 is 0 Å². The van der Waals surface area contributed by atoms with Crippen molar-refractivity contribution in [1.82, 2.24) is 5.32 Å². The molecule has 0 unspecified atom stereocenters. The largest absolute Gasteiger partial charge is 0.368 e. The number of fused-ring (bicyclic) bond motifs is 1. The molecule has 2 aliphatic heterocycles. The molecule has 2 rings (SSSR count). The maximum Gasteiger partial charge on any atom is 0.254 e. The normalized spacial score (nSPS) is 37.0. The summed E-state index contributed by atoms with van der Waals surface area (Å²) in [5.74, 6) is -0.189. The summed E-state index contributed by atoms with van der Waals surface area (Å²) in [5.41, 5.74) is -1.15. The summed E-state index contributed by atoms with van der Waals surface area (Å²) >= 11 is 0. The Balaban J connectivity index is 1.74. The first-order valence-corrected chi connectivity index (χ1v) is 5.63. The Labute approximate surface area is 95.0 Å². The molecule has 1 amide bonds. The Morgan fingerprint density at radius 2 is 2.31 bits per heavy atom. The standard InChI is InChI=1S/C12H17NO3/c1-2-3-4-5-6-7-8-12(15)10-9(16-10)11(14)13-12/h2-3,5-6,9-10,15H,4,7-8H2,1H3,(H,13,14)/b3-2+,6-5+/t9-,10+,12+/m1/s1. The summed E-state index contributed by atoms with van der Waals surface area (Å²) in [6.07, 6.45) is 9.53. The molecule has 2 N–H and O–H groups in total. The van der Waals surface area contributed by atoms with Crippen molar-refractivity contribution in [3.05, 3.63) is 24.3 Å². The number of hydrogen-bond acceptors (Lipinski definition) is 3. The first kappa shape index (κ1) is 11.4. The monoisotopic (exact) mass is 223 g/mol. The third-order valence-electron chi connectivity index (χ3n) is 2.93. The van der Waals surface area contributed by atoms with Crippen LogP contribution in [0, 0.1) is 0 Å². The molecule has 2 aliphatic rings. The average molecular weight is 223 g/mol. The predicted octanol–water partition coefficient (Wildman–Crippen LogP) is 0.875. The Morgan fingerprint density at radius 3 is 2.88 bits per heavy atom. The number of morpholine rings is 1. The van der Waals surface area contributed by atoms with E-state index in [0.717, 1.165) is 12.8 Å². The topological polar surface area (TPSA) is 61.9 Å². The summed E-state index contributed by atoms with van der Waals surface area (Å²) in [6.45, 7) is 1.98.